The van der Waals surface area contributed by atoms with E-state index in [2.05, 4.69) is 4.72 Å². The molecule has 0 atom stereocenters. The Balaban J connectivity index is 1.83. The van der Waals surface area contributed by atoms with E-state index in [9.17, 15) is 13.2 Å². The minimum atomic E-state index is -3.72. The van der Waals surface area contributed by atoms with E-state index in [4.69, 9.17) is 11.6 Å². The number of nitrogens with one attached hydrogen (secondary N) is 1. The number of hydrogen-bond donors (Lipinski definition) is 1. The highest BCUT2D eigenvalue weighted by Gasteiger charge is 2.22. The predicted octanol–water partition coefficient (Wildman–Crippen LogP) is 3.58. The van der Waals surface area contributed by atoms with Gasteiger partial charge in [0.25, 0.3) is 10.0 Å². The molecule has 0 unspecified atom stereocenters. The maximum atomic E-state index is 12.5. The van der Waals surface area contributed by atoms with E-state index in [1.54, 1.807) is 48.2 Å². The SMILES string of the molecule is Cc1ccc(Cl)cc1S(=O)(=O)Nc1ccc(N2CCCC2=O)cc1. The first-order chi connectivity index (χ1) is 11.4. The molecule has 0 saturated carbocycles. The van der Waals surface area contributed by atoms with E-state index in [1.165, 1.54) is 6.07 Å². The van der Waals surface area contributed by atoms with Crippen LogP contribution in [0.3, 0.4) is 0 Å². The topological polar surface area (TPSA) is 66.5 Å². The van der Waals surface area contributed by atoms with Crippen LogP contribution in [-0.2, 0) is 14.8 Å². The van der Waals surface area contributed by atoms with Crippen LogP contribution >= 0.6 is 11.6 Å². The van der Waals surface area contributed by atoms with Gasteiger partial charge in [-0.25, -0.2) is 8.42 Å². The molecule has 5 nitrogen and oxygen atoms in total. The van der Waals surface area contributed by atoms with E-state index in [0.717, 1.165) is 12.1 Å². The summed E-state index contributed by atoms with van der Waals surface area (Å²) < 4.78 is 27.6. The highest BCUT2D eigenvalue weighted by molar-refractivity contribution is 7.92. The van der Waals surface area contributed by atoms with Crippen molar-refractivity contribution in [2.24, 2.45) is 0 Å². The monoisotopic (exact) mass is 364 g/mol. The third kappa shape index (κ3) is 3.39. The van der Waals surface area contributed by atoms with Gasteiger partial charge in [0.15, 0.2) is 0 Å². The quantitative estimate of drug-likeness (QED) is 0.901. The molecule has 0 radical (unpaired) electrons. The van der Waals surface area contributed by atoms with Crippen molar-refractivity contribution in [2.75, 3.05) is 16.2 Å². The average molecular weight is 365 g/mol. The van der Waals surface area contributed by atoms with Crippen molar-refractivity contribution in [3.63, 3.8) is 0 Å². The number of benzene rings is 2. The number of amides is 1. The second-order valence-electron chi connectivity index (χ2n) is 5.71. The van der Waals surface area contributed by atoms with Gasteiger partial charge in [-0.3, -0.25) is 9.52 Å². The number of carbonyl (C=O) groups is 1. The number of sulfonamides is 1. The molecule has 0 spiro atoms. The molecule has 1 aliphatic heterocycles. The first kappa shape index (κ1) is 16.8. The van der Waals surface area contributed by atoms with Crippen molar-refractivity contribution < 1.29 is 13.2 Å². The van der Waals surface area contributed by atoms with Gasteiger partial charge in [0.2, 0.25) is 5.91 Å². The molecular weight excluding hydrogens is 348 g/mol. The van der Waals surface area contributed by atoms with Crippen LogP contribution in [0.4, 0.5) is 11.4 Å². The third-order valence-electron chi connectivity index (χ3n) is 3.94. The van der Waals surface area contributed by atoms with E-state index >= 15 is 0 Å². The first-order valence-electron chi connectivity index (χ1n) is 7.56. The van der Waals surface area contributed by atoms with Gasteiger partial charge in [-0.15, -0.1) is 0 Å². The van der Waals surface area contributed by atoms with Crippen LogP contribution in [-0.4, -0.2) is 20.9 Å². The Kier molecular flexibility index (Phi) is 4.51. The summed E-state index contributed by atoms with van der Waals surface area (Å²) in [6, 6.07) is 11.5. The highest BCUT2D eigenvalue weighted by Crippen LogP contribution is 2.26. The Morgan fingerprint density at radius 2 is 1.83 bits per heavy atom. The largest absolute Gasteiger partial charge is 0.312 e. The molecule has 7 heteroatoms. The number of hydrogen-bond acceptors (Lipinski definition) is 3. The summed E-state index contributed by atoms with van der Waals surface area (Å²) in [6.45, 7) is 2.42. The number of rotatable bonds is 4. The standard InChI is InChI=1S/C17H17ClN2O3S/c1-12-4-5-13(18)11-16(12)24(22,23)19-14-6-8-15(9-7-14)20-10-2-3-17(20)21/h4-9,11,19H,2-3,10H2,1H3. The van der Waals surface area contributed by atoms with Crippen molar-refractivity contribution >= 4 is 38.9 Å². The van der Waals surface area contributed by atoms with Gasteiger partial charge in [0.1, 0.15) is 0 Å². The summed E-state index contributed by atoms with van der Waals surface area (Å²) >= 11 is 5.90. The molecule has 1 N–H and O–H groups in total. The van der Waals surface area contributed by atoms with E-state index in [0.29, 0.717) is 29.2 Å². The van der Waals surface area contributed by atoms with Crippen LogP contribution in [0.15, 0.2) is 47.4 Å². The summed E-state index contributed by atoms with van der Waals surface area (Å²) in [6.07, 6.45) is 1.41. The Hall–Kier alpha value is -2.05. The maximum Gasteiger partial charge on any atom is 0.262 e. The second-order valence-corrected chi connectivity index (χ2v) is 7.80. The fourth-order valence-electron chi connectivity index (χ4n) is 2.70. The predicted molar refractivity (Wildman–Crippen MR) is 95.0 cm³/mol. The lowest BCUT2D eigenvalue weighted by Crippen LogP contribution is -2.23. The van der Waals surface area contributed by atoms with Gasteiger partial charge in [-0.1, -0.05) is 17.7 Å². The zero-order valence-corrected chi connectivity index (χ0v) is 14.7. The zero-order chi connectivity index (χ0) is 17.3. The van der Waals surface area contributed by atoms with E-state index in [-0.39, 0.29) is 10.8 Å². The summed E-state index contributed by atoms with van der Waals surface area (Å²) in [7, 11) is -3.72. The van der Waals surface area contributed by atoms with Crippen molar-refractivity contribution in [3.05, 3.63) is 53.1 Å². The van der Waals surface area contributed by atoms with Gasteiger partial charge in [0, 0.05) is 29.4 Å². The minimum Gasteiger partial charge on any atom is -0.312 e. The third-order valence-corrected chi connectivity index (χ3v) is 5.70. The molecule has 0 bridgehead atoms. The molecule has 24 heavy (non-hydrogen) atoms. The summed E-state index contributed by atoms with van der Waals surface area (Å²) in [5.74, 6) is 0.0953. The second kappa shape index (κ2) is 6.45. The fraction of sp³-hybridized carbons (Fsp3) is 0.235. The Labute approximate surface area is 146 Å². The van der Waals surface area contributed by atoms with Gasteiger partial charge in [-0.2, -0.15) is 0 Å². The smallest absolute Gasteiger partial charge is 0.262 e. The molecule has 1 aliphatic rings. The van der Waals surface area contributed by atoms with Crippen molar-refractivity contribution in [3.8, 4) is 0 Å². The Bertz CT molecular complexity index is 879. The highest BCUT2D eigenvalue weighted by atomic mass is 35.5. The number of nitrogens with zero attached hydrogens (tertiary/aromatic N) is 1. The molecule has 126 valence electrons. The van der Waals surface area contributed by atoms with Crippen LogP contribution in [0, 0.1) is 6.92 Å². The average Bonchev–Trinajstić information content (AvgIpc) is 2.96. The summed E-state index contributed by atoms with van der Waals surface area (Å²) in [5, 5.41) is 0.365. The molecular formula is C17H17ClN2O3S. The van der Waals surface area contributed by atoms with Crippen LogP contribution in [0.1, 0.15) is 18.4 Å². The molecule has 1 heterocycles. The van der Waals surface area contributed by atoms with Crippen LogP contribution in [0.5, 0.6) is 0 Å². The maximum absolute atomic E-state index is 12.5. The number of carbonyl (C=O) groups excluding carboxylic acids is 1. The molecule has 2 aromatic rings. The number of aryl methyl sites for hydroxylation is 1. The van der Waals surface area contributed by atoms with Crippen molar-refractivity contribution in [2.45, 2.75) is 24.7 Å². The van der Waals surface area contributed by atoms with Gasteiger partial charge >= 0.3 is 0 Å². The van der Waals surface area contributed by atoms with Gasteiger partial charge < -0.3 is 4.90 Å². The Morgan fingerprint density at radius 3 is 2.46 bits per heavy atom. The van der Waals surface area contributed by atoms with E-state index in [1.807, 2.05) is 0 Å². The zero-order valence-electron chi connectivity index (χ0n) is 13.1. The van der Waals surface area contributed by atoms with Crippen molar-refractivity contribution in [1.82, 2.24) is 0 Å². The van der Waals surface area contributed by atoms with Gasteiger partial charge in [0.05, 0.1) is 4.90 Å². The molecule has 3 rings (SSSR count). The van der Waals surface area contributed by atoms with Gasteiger partial charge in [-0.05, 0) is 55.3 Å². The van der Waals surface area contributed by atoms with Crippen LogP contribution in [0.2, 0.25) is 5.02 Å². The van der Waals surface area contributed by atoms with E-state index < -0.39 is 10.0 Å². The Morgan fingerprint density at radius 1 is 1.12 bits per heavy atom. The molecule has 2 aromatic carbocycles. The number of anilines is 2. The lowest BCUT2D eigenvalue weighted by molar-refractivity contribution is -0.117. The number of halogens is 1. The molecule has 1 fully saturated rings. The lowest BCUT2D eigenvalue weighted by Gasteiger charge is -2.16. The summed E-state index contributed by atoms with van der Waals surface area (Å²) in [5.41, 5.74) is 1.83. The summed E-state index contributed by atoms with van der Waals surface area (Å²) in [4.78, 5) is 13.6. The van der Waals surface area contributed by atoms with Crippen LogP contribution in [0.25, 0.3) is 0 Å². The first-order valence-corrected chi connectivity index (χ1v) is 9.42. The molecule has 0 aliphatic carbocycles. The lowest BCUT2D eigenvalue weighted by atomic mass is 10.2. The molecule has 0 aromatic heterocycles. The van der Waals surface area contributed by atoms with Crippen molar-refractivity contribution in [1.29, 1.82) is 0 Å². The normalized spacial score (nSPS) is 14.9. The minimum absolute atomic E-state index is 0.0953. The fourth-order valence-corrected chi connectivity index (χ4v) is 4.27. The molecule has 1 saturated heterocycles. The van der Waals surface area contributed by atoms with Crippen LogP contribution < -0.4 is 9.62 Å². The molecule has 1 amide bonds.